The minimum Gasteiger partial charge on any atom is -0.423 e. The van der Waals surface area contributed by atoms with Crippen LogP contribution in [0.5, 0.6) is 0 Å². The molecule has 0 spiro atoms. The Bertz CT molecular complexity index is 2790. The topological polar surface area (TPSA) is 123 Å². The molecule has 7 aromatic rings. The van der Waals surface area contributed by atoms with Gasteiger partial charge in [-0.1, -0.05) is 132 Å². The predicted molar refractivity (Wildman–Crippen MR) is 255 cm³/mol. The van der Waals surface area contributed by atoms with Crippen molar-refractivity contribution in [3.05, 3.63) is 190 Å². The van der Waals surface area contributed by atoms with Gasteiger partial charge in [-0.05, 0) is 121 Å². The molecule has 9 rings (SSSR count). The maximum atomic E-state index is 12.4. The summed E-state index contributed by atoms with van der Waals surface area (Å²) in [6, 6.07) is 50.3. The Morgan fingerprint density at radius 3 is 1.70 bits per heavy atom. The highest BCUT2D eigenvalue weighted by Crippen LogP contribution is 2.46. The van der Waals surface area contributed by atoms with Crippen LogP contribution < -0.4 is 20.9 Å². The van der Waals surface area contributed by atoms with Gasteiger partial charge in [-0.15, -0.1) is 0 Å². The molecule has 0 radical (unpaired) electrons. The van der Waals surface area contributed by atoms with Crippen molar-refractivity contribution in [1.82, 2.24) is 4.83 Å². The maximum Gasteiger partial charge on any atom is 0.488 e. The van der Waals surface area contributed by atoms with E-state index in [9.17, 15) is 8.42 Å². The standard InChI is InChI=1S/C21H19N3O2S2.C20H16ClNS.C6H6BClO2/c1-14-7-10-17(11-8-14)28(25,26)24-23-15(2)16-9-12-21-19(13-16)22-18-5-3-4-6-20(18)27-21;1-13(14-6-9-16(21)10-7-14)15-8-11-20-18(12-15)22-17-4-2-3-5-19(17)23-20;8-6-3-1-5(2-4-6)7(9)10/h3-13,22,24H,1-2H3;2-13,22H,1H3;1-4,9-10H/b23-15+;;. The fraction of sp³-hybridized carbons (Fsp3) is 0.0851. The third-order valence-corrected chi connectivity index (χ3v) is 13.9. The zero-order valence-electron chi connectivity index (χ0n) is 33.3. The molecule has 8 nitrogen and oxygen atoms in total. The van der Waals surface area contributed by atoms with Crippen LogP contribution in [-0.2, 0) is 10.0 Å². The Morgan fingerprint density at radius 2 is 1.13 bits per heavy atom. The van der Waals surface area contributed by atoms with Gasteiger partial charge in [-0.2, -0.15) is 18.4 Å². The quantitative estimate of drug-likeness (QED) is 0.0609. The lowest BCUT2D eigenvalue weighted by Gasteiger charge is -2.22. The van der Waals surface area contributed by atoms with E-state index in [1.54, 1.807) is 67.2 Å². The highest BCUT2D eigenvalue weighted by molar-refractivity contribution is 8.00. The smallest absolute Gasteiger partial charge is 0.423 e. The summed E-state index contributed by atoms with van der Waals surface area (Å²) in [5.41, 5.74) is 9.88. The van der Waals surface area contributed by atoms with Gasteiger partial charge in [0.15, 0.2) is 0 Å². The number of rotatable bonds is 7. The first-order valence-electron chi connectivity index (χ1n) is 19.2. The third-order valence-electron chi connectivity index (χ3n) is 9.86. The van der Waals surface area contributed by atoms with E-state index in [0.717, 1.165) is 32.4 Å². The van der Waals surface area contributed by atoms with Gasteiger partial charge in [0.25, 0.3) is 10.0 Å². The van der Waals surface area contributed by atoms with Crippen molar-refractivity contribution in [2.45, 2.75) is 51.2 Å². The lowest BCUT2D eigenvalue weighted by atomic mass is 9.81. The summed E-state index contributed by atoms with van der Waals surface area (Å²) in [5, 5.41) is 29.7. The zero-order valence-corrected chi connectivity index (χ0v) is 37.3. The molecule has 0 aromatic heterocycles. The molecular weight excluding hydrogens is 862 g/mol. The van der Waals surface area contributed by atoms with Gasteiger partial charge in [0.2, 0.25) is 0 Å². The molecule has 0 saturated heterocycles. The van der Waals surface area contributed by atoms with Gasteiger partial charge in [0, 0.05) is 35.5 Å². The summed E-state index contributed by atoms with van der Waals surface area (Å²) in [5.74, 6) is 0.335. The monoisotopic (exact) mass is 902 g/mol. The van der Waals surface area contributed by atoms with E-state index in [4.69, 9.17) is 33.2 Å². The number of anilines is 4. The van der Waals surface area contributed by atoms with Crippen molar-refractivity contribution >= 4 is 97.8 Å². The zero-order chi connectivity index (χ0) is 43.1. The molecule has 0 aliphatic carbocycles. The maximum absolute atomic E-state index is 12.4. The number of hydrogen-bond donors (Lipinski definition) is 5. The molecule has 2 aliphatic rings. The molecule has 308 valence electrons. The van der Waals surface area contributed by atoms with Gasteiger partial charge >= 0.3 is 7.12 Å². The number of para-hydroxylation sites is 2. The SMILES string of the molecule is C/C(=N\NS(=O)(=O)c1ccc(C)cc1)c1ccc2c(c1)Nc1ccccc1S2.CC(c1ccc(Cl)cc1)c1ccc2c(c1)Nc1ccccc1S2.OB(O)c1ccc(Cl)cc1. The molecule has 0 bridgehead atoms. The minimum absolute atomic E-state index is 0.190. The van der Waals surface area contributed by atoms with Crippen LogP contribution in [-0.4, -0.2) is 31.3 Å². The van der Waals surface area contributed by atoms with Crippen molar-refractivity contribution in [3.63, 3.8) is 0 Å². The Morgan fingerprint density at radius 1 is 0.639 bits per heavy atom. The second kappa shape index (κ2) is 19.7. The average molecular weight is 904 g/mol. The lowest BCUT2D eigenvalue weighted by molar-refractivity contribution is 0.426. The van der Waals surface area contributed by atoms with E-state index >= 15 is 0 Å². The number of nitrogens with zero attached hydrogens (tertiary/aromatic N) is 1. The van der Waals surface area contributed by atoms with Crippen LogP contribution in [0.25, 0.3) is 0 Å². The summed E-state index contributed by atoms with van der Waals surface area (Å²) >= 11 is 15.1. The predicted octanol–water partition coefficient (Wildman–Crippen LogP) is 11.6. The molecular formula is C47H41BCl2N4O4S3. The minimum atomic E-state index is -3.69. The Balaban J connectivity index is 0.000000152. The first kappa shape index (κ1) is 43.9. The summed E-state index contributed by atoms with van der Waals surface area (Å²) in [4.78, 5) is 7.36. The van der Waals surface area contributed by atoms with Gasteiger partial charge < -0.3 is 20.7 Å². The molecule has 2 heterocycles. The fourth-order valence-corrected chi connectivity index (χ4v) is 9.38. The number of fused-ring (bicyclic) bond motifs is 4. The molecule has 0 saturated carbocycles. The van der Waals surface area contributed by atoms with Crippen LogP contribution in [0.1, 0.15) is 42.0 Å². The van der Waals surface area contributed by atoms with Crippen molar-refractivity contribution in [2.75, 3.05) is 10.6 Å². The second-order valence-electron chi connectivity index (χ2n) is 14.2. The molecule has 61 heavy (non-hydrogen) atoms. The van der Waals surface area contributed by atoms with Crippen LogP contribution >= 0.6 is 46.7 Å². The molecule has 0 amide bonds. The molecule has 0 fully saturated rings. The van der Waals surface area contributed by atoms with Crippen molar-refractivity contribution < 1.29 is 18.5 Å². The third kappa shape index (κ3) is 11.2. The summed E-state index contributed by atoms with van der Waals surface area (Å²) in [6.07, 6.45) is 0. The van der Waals surface area contributed by atoms with E-state index in [1.165, 1.54) is 37.2 Å². The van der Waals surface area contributed by atoms with Crippen molar-refractivity contribution in [2.24, 2.45) is 5.10 Å². The normalized spacial score (nSPS) is 12.8. The first-order valence-corrected chi connectivity index (χ1v) is 23.1. The van der Waals surface area contributed by atoms with E-state index in [2.05, 4.69) is 88.2 Å². The highest BCUT2D eigenvalue weighted by Gasteiger charge is 2.19. The Labute approximate surface area is 375 Å². The number of aryl methyl sites for hydroxylation is 1. The van der Waals surface area contributed by atoms with Gasteiger partial charge in [-0.3, -0.25) is 0 Å². The highest BCUT2D eigenvalue weighted by atomic mass is 35.5. The van der Waals surface area contributed by atoms with Crippen LogP contribution in [0.3, 0.4) is 0 Å². The molecule has 14 heteroatoms. The number of hydrazone groups is 1. The summed E-state index contributed by atoms with van der Waals surface area (Å²) in [7, 11) is -5.10. The van der Waals surface area contributed by atoms with Gasteiger partial charge in [0.05, 0.1) is 33.4 Å². The lowest BCUT2D eigenvalue weighted by Crippen LogP contribution is -2.29. The van der Waals surface area contributed by atoms with Crippen molar-refractivity contribution in [1.29, 1.82) is 0 Å². The van der Waals surface area contributed by atoms with E-state index in [0.29, 0.717) is 22.1 Å². The molecule has 5 N–H and O–H groups in total. The number of sulfonamides is 1. The fourth-order valence-electron chi connectivity index (χ4n) is 6.33. The largest absolute Gasteiger partial charge is 0.488 e. The van der Waals surface area contributed by atoms with Crippen LogP contribution in [0, 0.1) is 6.92 Å². The summed E-state index contributed by atoms with van der Waals surface area (Å²) < 4.78 is 24.8. The van der Waals surface area contributed by atoms with E-state index < -0.39 is 17.1 Å². The Hall–Kier alpha value is -5.18. The first-order chi connectivity index (χ1) is 29.3. The van der Waals surface area contributed by atoms with Crippen molar-refractivity contribution in [3.8, 4) is 0 Å². The van der Waals surface area contributed by atoms with Crippen LogP contribution in [0.2, 0.25) is 10.0 Å². The number of hydrogen-bond acceptors (Lipinski definition) is 9. The van der Waals surface area contributed by atoms with E-state index in [1.807, 2.05) is 67.2 Å². The van der Waals surface area contributed by atoms with Crippen LogP contribution in [0.4, 0.5) is 22.7 Å². The molecule has 1 atom stereocenters. The number of nitrogens with one attached hydrogen (secondary N) is 3. The van der Waals surface area contributed by atoms with Gasteiger partial charge in [-0.25, -0.2) is 0 Å². The number of benzene rings is 7. The van der Waals surface area contributed by atoms with E-state index in [-0.39, 0.29) is 4.90 Å². The molecule has 7 aromatic carbocycles. The second-order valence-corrected chi connectivity index (χ2v) is 18.9. The Kier molecular flexibility index (Phi) is 14.2. The average Bonchev–Trinajstić information content (AvgIpc) is 3.27. The van der Waals surface area contributed by atoms with Crippen LogP contribution in [0.15, 0.2) is 187 Å². The summed E-state index contributed by atoms with van der Waals surface area (Å²) in [6.45, 7) is 5.92. The molecule has 2 aliphatic heterocycles. The number of halogens is 2. The molecule has 1 unspecified atom stereocenters. The van der Waals surface area contributed by atoms with Gasteiger partial charge in [0.1, 0.15) is 0 Å².